The van der Waals surface area contributed by atoms with Crippen molar-refractivity contribution in [2.45, 2.75) is 10.9 Å². The van der Waals surface area contributed by atoms with Gasteiger partial charge < -0.3 is 4.74 Å². The molecule has 0 spiro atoms. The molecular weight excluding hydrogens is 390 g/mol. The van der Waals surface area contributed by atoms with E-state index in [4.69, 9.17) is 16.3 Å². The van der Waals surface area contributed by atoms with Gasteiger partial charge in [0.05, 0.1) is 18.2 Å². The van der Waals surface area contributed by atoms with Gasteiger partial charge in [0.15, 0.2) is 5.75 Å². The third kappa shape index (κ3) is 4.63. The van der Waals surface area contributed by atoms with Gasteiger partial charge in [-0.05, 0) is 23.8 Å². The van der Waals surface area contributed by atoms with E-state index in [1.165, 1.54) is 48.2 Å². The van der Waals surface area contributed by atoms with Gasteiger partial charge in [0.2, 0.25) is 5.16 Å². The number of ether oxygens (including phenoxy) is 1. The highest BCUT2D eigenvalue weighted by Crippen LogP contribution is 2.27. The van der Waals surface area contributed by atoms with E-state index in [1.54, 1.807) is 6.07 Å². The van der Waals surface area contributed by atoms with Crippen molar-refractivity contribution in [3.8, 4) is 5.75 Å². The van der Waals surface area contributed by atoms with E-state index < -0.39 is 4.92 Å². The van der Waals surface area contributed by atoms with E-state index in [0.29, 0.717) is 21.5 Å². The van der Waals surface area contributed by atoms with Crippen molar-refractivity contribution in [1.82, 2.24) is 14.9 Å². The number of hydrogen-bond acceptors (Lipinski definition) is 7. The lowest BCUT2D eigenvalue weighted by molar-refractivity contribution is -0.385. The zero-order valence-electron chi connectivity index (χ0n) is 14.2. The standard InChI is InChI=1S/C17H14ClN5O3S/c1-26-16-7-6-12(8-15(16)23(24)25)9-20-22-11-19-21-17(22)27-10-13-4-2-3-5-14(13)18/h2-9,11H,10H2,1H3/b20-9+. The molecule has 0 N–H and O–H groups in total. The Morgan fingerprint density at radius 2 is 2.19 bits per heavy atom. The van der Waals surface area contributed by atoms with Gasteiger partial charge in [-0.15, -0.1) is 10.2 Å². The van der Waals surface area contributed by atoms with Crippen LogP contribution >= 0.6 is 23.4 Å². The van der Waals surface area contributed by atoms with Crippen molar-refractivity contribution in [3.63, 3.8) is 0 Å². The summed E-state index contributed by atoms with van der Waals surface area (Å²) in [5, 5.41) is 24.5. The van der Waals surface area contributed by atoms with Crippen LogP contribution in [0.3, 0.4) is 0 Å². The first-order chi connectivity index (χ1) is 13.1. The van der Waals surface area contributed by atoms with Crippen LogP contribution in [-0.2, 0) is 5.75 Å². The molecule has 2 aromatic carbocycles. The summed E-state index contributed by atoms with van der Waals surface area (Å²) in [4.78, 5) is 10.6. The normalized spacial score (nSPS) is 11.0. The molecule has 1 aromatic heterocycles. The summed E-state index contributed by atoms with van der Waals surface area (Å²) in [6.45, 7) is 0. The Kier molecular flexibility index (Phi) is 6.05. The van der Waals surface area contributed by atoms with Crippen molar-refractivity contribution in [2.75, 3.05) is 7.11 Å². The number of thioether (sulfide) groups is 1. The second-order valence-electron chi connectivity index (χ2n) is 5.27. The van der Waals surface area contributed by atoms with Crippen LogP contribution in [0.4, 0.5) is 5.69 Å². The molecule has 138 valence electrons. The van der Waals surface area contributed by atoms with Crippen LogP contribution in [0.15, 0.2) is 59.0 Å². The molecule has 1 heterocycles. The predicted molar refractivity (Wildman–Crippen MR) is 104 cm³/mol. The molecule has 0 amide bonds. The molecular formula is C17H14ClN5O3S. The fourth-order valence-electron chi connectivity index (χ4n) is 2.21. The Morgan fingerprint density at radius 1 is 1.37 bits per heavy atom. The number of nitro groups is 1. The number of nitro benzene ring substituents is 1. The van der Waals surface area contributed by atoms with Gasteiger partial charge in [-0.25, -0.2) is 0 Å². The molecule has 27 heavy (non-hydrogen) atoms. The van der Waals surface area contributed by atoms with Gasteiger partial charge in [0.25, 0.3) is 0 Å². The molecule has 0 saturated heterocycles. The van der Waals surface area contributed by atoms with Gasteiger partial charge >= 0.3 is 5.69 Å². The molecule has 3 aromatic rings. The number of nitrogens with zero attached hydrogens (tertiary/aromatic N) is 5. The Hall–Kier alpha value is -2.91. The summed E-state index contributed by atoms with van der Waals surface area (Å²) in [7, 11) is 1.38. The molecule has 0 atom stereocenters. The molecule has 8 nitrogen and oxygen atoms in total. The summed E-state index contributed by atoms with van der Waals surface area (Å²) in [6, 6.07) is 12.2. The van der Waals surface area contributed by atoms with Crippen molar-refractivity contribution in [2.24, 2.45) is 5.10 Å². The minimum Gasteiger partial charge on any atom is -0.490 e. The van der Waals surface area contributed by atoms with Crippen LogP contribution in [0.25, 0.3) is 0 Å². The van der Waals surface area contributed by atoms with E-state index in [2.05, 4.69) is 15.3 Å². The third-order valence-corrected chi connectivity index (χ3v) is 4.90. The van der Waals surface area contributed by atoms with Gasteiger partial charge in [-0.1, -0.05) is 41.6 Å². The zero-order valence-corrected chi connectivity index (χ0v) is 15.7. The number of benzene rings is 2. The first-order valence-corrected chi connectivity index (χ1v) is 9.08. The summed E-state index contributed by atoms with van der Waals surface area (Å²) < 4.78 is 6.49. The third-order valence-electron chi connectivity index (χ3n) is 3.55. The van der Waals surface area contributed by atoms with Crippen LogP contribution in [0, 0.1) is 10.1 Å². The zero-order chi connectivity index (χ0) is 19.2. The number of hydrogen-bond donors (Lipinski definition) is 0. The highest BCUT2D eigenvalue weighted by atomic mass is 35.5. The number of aromatic nitrogens is 3. The van der Waals surface area contributed by atoms with E-state index in [9.17, 15) is 10.1 Å². The predicted octanol–water partition coefficient (Wildman–Crippen LogP) is 4.02. The fraction of sp³-hybridized carbons (Fsp3) is 0.118. The molecule has 0 fully saturated rings. The molecule has 10 heteroatoms. The second kappa shape index (κ2) is 8.65. The number of rotatable bonds is 7. The van der Waals surface area contributed by atoms with Crippen LogP contribution in [0.1, 0.15) is 11.1 Å². The molecule has 3 rings (SSSR count). The number of halogens is 1. The molecule has 0 radical (unpaired) electrons. The molecule has 0 saturated carbocycles. The lowest BCUT2D eigenvalue weighted by Crippen LogP contribution is -1.96. The maximum absolute atomic E-state index is 11.1. The Bertz CT molecular complexity index is 992. The van der Waals surface area contributed by atoms with E-state index in [1.807, 2.05) is 24.3 Å². The summed E-state index contributed by atoms with van der Waals surface area (Å²) in [5.74, 6) is 0.805. The molecule has 0 aliphatic carbocycles. The topological polar surface area (TPSA) is 95.4 Å². The average Bonchev–Trinajstić information content (AvgIpc) is 3.13. The molecule has 0 unspecified atom stereocenters. The quantitative estimate of drug-likeness (QED) is 0.256. The Balaban J connectivity index is 1.75. The first kappa shape index (κ1) is 18.9. The van der Waals surface area contributed by atoms with Crippen molar-refractivity contribution in [3.05, 3.63) is 75.1 Å². The van der Waals surface area contributed by atoms with Crippen LogP contribution in [0.2, 0.25) is 5.02 Å². The van der Waals surface area contributed by atoms with E-state index in [-0.39, 0.29) is 11.4 Å². The second-order valence-corrected chi connectivity index (χ2v) is 6.62. The molecule has 0 aliphatic heterocycles. The smallest absolute Gasteiger partial charge is 0.311 e. The van der Waals surface area contributed by atoms with Crippen LogP contribution < -0.4 is 4.74 Å². The first-order valence-electron chi connectivity index (χ1n) is 7.71. The number of methoxy groups -OCH3 is 1. The highest BCUT2D eigenvalue weighted by Gasteiger charge is 2.14. The van der Waals surface area contributed by atoms with Gasteiger partial charge in [0.1, 0.15) is 6.33 Å². The molecule has 0 bridgehead atoms. The van der Waals surface area contributed by atoms with E-state index >= 15 is 0 Å². The highest BCUT2D eigenvalue weighted by molar-refractivity contribution is 7.98. The summed E-state index contributed by atoms with van der Waals surface area (Å²) in [5.41, 5.74) is 1.41. The van der Waals surface area contributed by atoms with Crippen molar-refractivity contribution >= 4 is 35.3 Å². The van der Waals surface area contributed by atoms with Crippen LogP contribution in [-0.4, -0.2) is 33.1 Å². The van der Waals surface area contributed by atoms with E-state index in [0.717, 1.165) is 5.56 Å². The van der Waals surface area contributed by atoms with Crippen molar-refractivity contribution < 1.29 is 9.66 Å². The SMILES string of the molecule is COc1ccc(/C=N/n2cnnc2SCc2ccccc2Cl)cc1[N+](=O)[O-]. The van der Waals surface area contributed by atoms with Gasteiger partial charge in [-0.2, -0.15) is 9.78 Å². The van der Waals surface area contributed by atoms with Crippen molar-refractivity contribution in [1.29, 1.82) is 0 Å². The monoisotopic (exact) mass is 403 g/mol. The Labute approximate surface area is 164 Å². The largest absolute Gasteiger partial charge is 0.490 e. The van der Waals surface area contributed by atoms with Gasteiger partial charge in [0, 0.05) is 22.4 Å². The lowest BCUT2D eigenvalue weighted by Gasteiger charge is -2.04. The summed E-state index contributed by atoms with van der Waals surface area (Å²) in [6.07, 6.45) is 2.96. The summed E-state index contributed by atoms with van der Waals surface area (Å²) >= 11 is 7.59. The molecule has 0 aliphatic rings. The fourth-order valence-corrected chi connectivity index (χ4v) is 3.36. The van der Waals surface area contributed by atoms with Crippen LogP contribution in [0.5, 0.6) is 5.75 Å². The lowest BCUT2D eigenvalue weighted by atomic mass is 10.2. The maximum Gasteiger partial charge on any atom is 0.311 e. The minimum absolute atomic E-state index is 0.126. The maximum atomic E-state index is 11.1. The average molecular weight is 404 g/mol. The minimum atomic E-state index is -0.500. The van der Waals surface area contributed by atoms with Gasteiger partial charge in [-0.3, -0.25) is 10.1 Å². The Morgan fingerprint density at radius 3 is 2.93 bits per heavy atom.